The molecule has 0 aromatic carbocycles. The van der Waals surface area contributed by atoms with Gasteiger partial charge in [-0.15, -0.1) is 5.92 Å². The Balaban J connectivity index is 0. The molecule has 0 spiro atoms. The van der Waals surface area contributed by atoms with Crippen LogP contribution in [0.25, 0.3) is 0 Å². The van der Waals surface area contributed by atoms with Gasteiger partial charge in [0.05, 0.1) is 0 Å². The largest absolute Gasteiger partial charge is 2.00 e. The second-order valence-corrected chi connectivity index (χ2v) is 5.17. The van der Waals surface area contributed by atoms with Crippen LogP contribution in [-0.2, 0) is 9.53 Å². The SMILES string of the molecule is CC(C)C1CCC([C-]=O)CC1.[CH2-]CCCOC.[U+2]. The van der Waals surface area contributed by atoms with Crippen LogP contribution >= 0.6 is 0 Å². The first kappa shape index (κ1) is 21.0. The molecule has 0 aromatic heterocycles. The fourth-order valence-electron chi connectivity index (χ4n) is 2.15. The van der Waals surface area contributed by atoms with Crippen molar-refractivity contribution in [3.05, 3.63) is 6.92 Å². The van der Waals surface area contributed by atoms with Crippen LogP contribution in [0, 0.1) is 55.8 Å². The zero-order valence-electron chi connectivity index (χ0n) is 12.2. The minimum atomic E-state index is 0. The number of hydrogen-bond acceptors (Lipinski definition) is 2. The summed E-state index contributed by atoms with van der Waals surface area (Å²) >= 11 is 0. The molecule has 0 aromatic rings. The van der Waals surface area contributed by atoms with Crippen molar-refractivity contribution >= 4 is 6.29 Å². The summed E-state index contributed by atoms with van der Waals surface area (Å²) in [6, 6.07) is 0. The molecule has 1 fully saturated rings. The predicted octanol–water partition coefficient (Wildman–Crippen LogP) is 3.81. The van der Waals surface area contributed by atoms with Crippen molar-refractivity contribution in [3.8, 4) is 0 Å². The van der Waals surface area contributed by atoms with E-state index in [2.05, 4.69) is 27.1 Å². The van der Waals surface area contributed by atoms with Gasteiger partial charge in [-0.3, -0.25) is 6.29 Å². The molecular formula is C15H28O2U. The molecule has 1 aliphatic rings. The van der Waals surface area contributed by atoms with Gasteiger partial charge in [-0.2, -0.15) is 6.42 Å². The number of rotatable bonds is 5. The van der Waals surface area contributed by atoms with Crippen molar-refractivity contribution in [3.63, 3.8) is 0 Å². The fraction of sp³-hybridized carbons (Fsp3) is 0.867. The van der Waals surface area contributed by atoms with E-state index < -0.39 is 0 Å². The third kappa shape index (κ3) is 10.6. The number of unbranched alkanes of at least 4 members (excludes halogenated alkanes) is 1. The summed E-state index contributed by atoms with van der Waals surface area (Å²) in [5.41, 5.74) is 0. The monoisotopic (exact) mass is 478 g/mol. The first-order chi connectivity index (χ1) is 8.15. The number of methoxy groups -OCH3 is 1. The Hall–Kier alpha value is 0.682. The summed E-state index contributed by atoms with van der Waals surface area (Å²) in [7, 11) is 1.70. The van der Waals surface area contributed by atoms with Crippen molar-refractivity contribution in [2.24, 2.45) is 17.8 Å². The van der Waals surface area contributed by atoms with E-state index in [0.29, 0.717) is 0 Å². The van der Waals surface area contributed by atoms with Gasteiger partial charge in [0, 0.05) is 13.7 Å². The molecule has 104 valence electrons. The molecule has 0 N–H and O–H groups in total. The van der Waals surface area contributed by atoms with Crippen LogP contribution in [0.4, 0.5) is 0 Å². The molecule has 0 amide bonds. The smallest absolute Gasteiger partial charge is 0.542 e. The number of carbonyl (C=O) groups excluding carboxylic acids is 1. The standard InChI is InChI=1S/C10H17O.C5H11O.U/c1-8(2)10-5-3-9(7-11)4-6-10;1-3-4-5-6-2;/h8-10H,3-6H2,1-2H3;1,3-5H2,2H3;/q2*-1;+2. The third-order valence-electron chi connectivity index (χ3n) is 3.48. The minimum absolute atomic E-state index is 0. The van der Waals surface area contributed by atoms with E-state index in [4.69, 9.17) is 4.74 Å². The third-order valence-corrected chi connectivity index (χ3v) is 3.48. The van der Waals surface area contributed by atoms with Crippen LogP contribution in [-0.4, -0.2) is 20.0 Å². The van der Waals surface area contributed by atoms with E-state index in [-0.39, 0.29) is 37.0 Å². The molecule has 0 bridgehead atoms. The van der Waals surface area contributed by atoms with Crippen LogP contribution in [0.3, 0.4) is 0 Å². The molecule has 0 saturated heterocycles. The van der Waals surface area contributed by atoms with Gasteiger partial charge in [-0.05, 0) is 11.8 Å². The fourth-order valence-corrected chi connectivity index (χ4v) is 2.15. The van der Waals surface area contributed by atoms with Gasteiger partial charge in [-0.1, -0.05) is 46.0 Å². The average Bonchev–Trinajstić information content (AvgIpc) is 2.37. The average molecular weight is 478 g/mol. The van der Waals surface area contributed by atoms with Crippen molar-refractivity contribution in [1.29, 1.82) is 0 Å². The van der Waals surface area contributed by atoms with Gasteiger partial charge in [0.25, 0.3) is 0 Å². The Bertz CT molecular complexity index is 171. The molecule has 3 heteroatoms. The van der Waals surface area contributed by atoms with Gasteiger partial charge in [0.15, 0.2) is 0 Å². The molecule has 0 atom stereocenters. The van der Waals surface area contributed by atoms with E-state index in [9.17, 15) is 4.79 Å². The van der Waals surface area contributed by atoms with Gasteiger partial charge >= 0.3 is 31.1 Å². The maximum Gasteiger partial charge on any atom is 2.00 e. The Labute approximate surface area is 137 Å². The minimum Gasteiger partial charge on any atom is -0.542 e. The first-order valence-corrected chi connectivity index (χ1v) is 6.81. The molecular weight excluding hydrogens is 450 g/mol. The molecule has 0 aliphatic heterocycles. The van der Waals surface area contributed by atoms with Gasteiger partial charge < -0.3 is 16.5 Å². The van der Waals surface area contributed by atoms with Crippen LogP contribution in [0.15, 0.2) is 0 Å². The summed E-state index contributed by atoms with van der Waals surface area (Å²) in [4.78, 5) is 10.3. The molecule has 1 aliphatic carbocycles. The quantitative estimate of drug-likeness (QED) is 0.444. The van der Waals surface area contributed by atoms with Crippen LogP contribution in [0.1, 0.15) is 52.4 Å². The molecule has 18 heavy (non-hydrogen) atoms. The molecule has 0 unspecified atom stereocenters. The Morgan fingerprint density at radius 3 is 2.11 bits per heavy atom. The van der Waals surface area contributed by atoms with Crippen molar-refractivity contribution < 1.29 is 40.6 Å². The second-order valence-electron chi connectivity index (χ2n) is 5.17. The molecule has 2 nitrogen and oxygen atoms in total. The molecule has 1 rings (SSSR count). The topological polar surface area (TPSA) is 26.3 Å². The predicted molar refractivity (Wildman–Crippen MR) is 72.4 cm³/mol. The maximum absolute atomic E-state index is 10.3. The zero-order valence-corrected chi connectivity index (χ0v) is 16.4. The van der Waals surface area contributed by atoms with Gasteiger partial charge in [-0.25, -0.2) is 0 Å². The van der Waals surface area contributed by atoms with E-state index in [0.717, 1.165) is 44.1 Å². The van der Waals surface area contributed by atoms with E-state index in [1.165, 1.54) is 12.8 Å². The Morgan fingerprint density at radius 2 is 1.83 bits per heavy atom. The van der Waals surface area contributed by atoms with Crippen molar-refractivity contribution in [2.45, 2.75) is 52.4 Å². The normalized spacial score (nSPS) is 22.7. The summed E-state index contributed by atoms with van der Waals surface area (Å²) in [5, 5.41) is 0. The first-order valence-electron chi connectivity index (χ1n) is 6.81. The molecule has 0 heterocycles. The number of hydrogen-bond donors (Lipinski definition) is 0. The summed E-state index contributed by atoms with van der Waals surface area (Å²) in [6.45, 7) is 9.04. The summed E-state index contributed by atoms with van der Waals surface area (Å²) in [6.07, 6.45) is 8.79. The number of ether oxygens (including phenoxy) is 1. The Kier molecular flexibility index (Phi) is 16.4. The summed E-state index contributed by atoms with van der Waals surface area (Å²) < 4.78 is 4.74. The van der Waals surface area contributed by atoms with E-state index in [1.54, 1.807) is 7.11 Å². The van der Waals surface area contributed by atoms with Gasteiger partial charge in [0.2, 0.25) is 0 Å². The Morgan fingerprint density at radius 1 is 1.28 bits per heavy atom. The van der Waals surface area contributed by atoms with Gasteiger partial charge in [0.1, 0.15) is 0 Å². The molecule has 1 saturated carbocycles. The second kappa shape index (κ2) is 14.1. The maximum atomic E-state index is 10.3. The zero-order chi connectivity index (χ0) is 13.1. The van der Waals surface area contributed by atoms with Crippen molar-refractivity contribution in [1.82, 2.24) is 0 Å². The van der Waals surface area contributed by atoms with Crippen LogP contribution < -0.4 is 0 Å². The molecule has 0 radical (unpaired) electrons. The van der Waals surface area contributed by atoms with Crippen LogP contribution in [0.5, 0.6) is 0 Å². The van der Waals surface area contributed by atoms with Crippen molar-refractivity contribution in [2.75, 3.05) is 13.7 Å². The van der Waals surface area contributed by atoms with E-state index >= 15 is 0 Å². The van der Waals surface area contributed by atoms with Crippen LogP contribution in [0.2, 0.25) is 0 Å². The summed E-state index contributed by atoms with van der Waals surface area (Å²) in [5.74, 6) is 1.91. The van der Waals surface area contributed by atoms with E-state index in [1.807, 2.05) is 0 Å².